The second-order valence-corrected chi connectivity index (χ2v) is 4.62. The van der Waals surface area contributed by atoms with E-state index in [2.05, 4.69) is 5.32 Å². The van der Waals surface area contributed by atoms with E-state index in [0.717, 1.165) is 26.1 Å². The fourth-order valence-electron chi connectivity index (χ4n) is 2.26. The highest BCUT2D eigenvalue weighted by molar-refractivity contribution is 6.33. The summed E-state index contributed by atoms with van der Waals surface area (Å²) in [4.78, 5) is 14.3. The van der Waals surface area contributed by atoms with Gasteiger partial charge >= 0.3 is 0 Å². The van der Waals surface area contributed by atoms with Crippen molar-refractivity contribution < 1.29 is 4.79 Å². The lowest BCUT2D eigenvalue weighted by atomic mass is 10.1. The van der Waals surface area contributed by atoms with Crippen molar-refractivity contribution in [3.63, 3.8) is 0 Å². The number of rotatable bonds is 3. The Kier molecular flexibility index (Phi) is 4.02. The number of hydrogen-bond donors (Lipinski definition) is 1. The second kappa shape index (κ2) is 5.52. The van der Waals surface area contributed by atoms with E-state index in [9.17, 15) is 4.79 Å². The first-order valence-electron chi connectivity index (χ1n) is 6.00. The highest BCUT2D eigenvalue weighted by Gasteiger charge is 2.26. The summed E-state index contributed by atoms with van der Waals surface area (Å²) in [5.74, 6) is 0.0341. The fourth-order valence-corrected chi connectivity index (χ4v) is 2.48. The van der Waals surface area contributed by atoms with Crippen LogP contribution in [0.3, 0.4) is 0 Å². The average molecular weight is 253 g/mol. The third kappa shape index (κ3) is 2.61. The Morgan fingerprint density at radius 2 is 2.29 bits per heavy atom. The Morgan fingerprint density at radius 3 is 2.88 bits per heavy atom. The number of amides is 1. The third-order valence-corrected chi connectivity index (χ3v) is 3.51. The number of likely N-dealkylation sites (N-methyl/N-ethyl adjacent to an activating group) is 1. The molecule has 0 saturated carbocycles. The lowest BCUT2D eigenvalue weighted by molar-refractivity contribution is 0.0704. The van der Waals surface area contributed by atoms with E-state index >= 15 is 0 Å². The molecule has 1 unspecified atom stereocenters. The van der Waals surface area contributed by atoms with Crippen molar-refractivity contribution >= 4 is 17.5 Å². The molecule has 0 spiro atoms. The number of benzene rings is 1. The van der Waals surface area contributed by atoms with E-state index in [1.807, 2.05) is 24.0 Å². The molecule has 1 saturated heterocycles. The first-order chi connectivity index (χ1) is 8.24. The van der Waals surface area contributed by atoms with Gasteiger partial charge in [0, 0.05) is 19.1 Å². The molecule has 1 aliphatic heterocycles. The molecule has 2 rings (SSSR count). The molecule has 0 bridgehead atoms. The van der Waals surface area contributed by atoms with Crippen molar-refractivity contribution in [2.75, 3.05) is 19.6 Å². The largest absolute Gasteiger partial charge is 0.335 e. The lowest BCUT2D eigenvalue weighted by Crippen LogP contribution is -2.41. The van der Waals surface area contributed by atoms with E-state index in [-0.39, 0.29) is 5.91 Å². The standard InChI is InChI=1S/C13H17ClN2O/c1-2-16(10-7-8-15-9-10)13(17)11-5-3-4-6-12(11)14/h3-6,10,15H,2,7-9H2,1H3. The molecule has 0 aliphatic carbocycles. The molecule has 0 radical (unpaired) electrons. The Labute approximate surface area is 107 Å². The molecule has 1 aliphatic rings. The smallest absolute Gasteiger partial charge is 0.255 e. The van der Waals surface area contributed by atoms with E-state index < -0.39 is 0 Å². The zero-order chi connectivity index (χ0) is 12.3. The van der Waals surface area contributed by atoms with Crippen molar-refractivity contribution in [2.45, 2.75) is 19.4 Å². The normalized spacial score (nSPS) is 19.3. The van der Waals surface area contributed by atoms with Crippen LogP contribution in [0.25, 0.3) is 0 Å². The summed E-state index contributed by atoms with van der Waals surface area (Å²) in [6, 6.07) is 7.53. The van der Waals surface area contributed by atoms with Gasteiger partial charge in [0.25, 0.3) is 5.91 Å². The highest BCUT2D eigenvalue weighted by Crippen LogP contribution is 2.19. The van der Waals surface area contributed by atoms with Crippen LogP contribution in [0.15, 0.2) is 24.3 Å². The summed E-state index contributed by atoms with van der Waals surface area (Å²) in [6.45, 7) is 4.59. The van der Waals surface area contributed by atoms with Gasteiger partial charge in [0.2, 0.25) is 0 Å². The molecule has 1 amide bonds. The molecule has 1 atom stereocenters. The summed E-state index contributed by atoms with van der Waals surface area (Å²) in [7, 11) is 0. The maximum absolute atomic E-state index is 12.4. The van der Waals surface area contributed by atoms with Crippen molar-refractivity contribution in [3.05, 3.63) is 34.9 Å². The summed E-state index contributed by atoms with van der Waals surface area (Å²) in [5, 5.41) is 3.81. The topological polar surface area (TPSA) is 32.3 Å². The van der Waals surface area contributed by atoms with Gasteiger partial charge in [0.05, 0.1) is 10.6 Å². The molecule has 1 aromatic rings. The van der Waals surface area contributed by atoms with Gasteiger partial charge in [-0.15, -0.1) is 0 Å². The average Bonchev–Trinajstić information content (AvgIpc) is 2.84. The number of carbonyl (C=O) groups is 1. The zero-order valence-electron chi connectivity index (χ0n) is 9.95. The number of nitrogens with zero attached hydrogens (tertiary/aromatic N) is 1. The Balaban J connectivity index is 2.20. The van der Waals surface area contributed by atoms with Gasteiger partial charge in [0.1, 0.15) is 0 Å². The van der Waals surface area contributed by atoms with E-state index in [4.69, 9.17) is 11.6 Å². The molecule has 92 valence electrons. The minimum absolute atomic E-state index is 0.0341. The zero-order valence-corrected chi connectivity index (χ0v) is 10.7. The molecule has 0 aromatic heterocycles. The van der Waals surface area contributed by atoms with Gasteiger partial charge in [0.15, 0.2) is 0 Å². The van der Waals surface area contributed by atoms with Crippen molar-refractivity contribution in [2.24, 2.45) is 0 Å². The van der Waals surface area contributed by atoms with Crippen LogP contribution in [0.1, 0.15) is 23.7 Å². The minimum atomic E-state index is 0.0341. The van der Waals surface area contributed by atoms with Crippen LogP contribution in [-0.4, -0.2) is 36.5 Å². The predicted molar refractivity (Wildman–Crippen MR) is 69.4 cm³/mol. The first-order valence-corrected chi connectivity index (χ1v) is 6.38. The van der Waals surface area contributed by atoms with Crippen LogP contribution >= 0.6 is 11.6 Å². The van der Waals surface area contributed by atoms with Crippen LogP contribution in [0.4, 0.5) is 0 Å². The molecule has 1 aromatic carbocycles. The van der Waals surface area contributed by atoms with E-state index in [1.54, 1.807) is 12.1 Å². The Hall–Kier alpha value is -1.06. The second-order valence-electron chi connectivity index (χ2n) is 4.22. The fraction of sp³-hybridized carbons (Fsp3) is 0.462. The van der Waals surface area contributed by atoms with Gasteiger partial charge in [-0.25, -0.2) is 0 Å². The Bertz CT molecular complexity index is 402. The summed E-state index contributed by atoms with van der Waals surface area (Å²) in [6.07, 6.45) is 1.02. The van der Waals surface area contributed by atoms with Crippen LogP contribution < -0.4 is 5.32 Å². The van der Waals surface area contributed by atoms with E-state index in [0.29, 0.717) is 16.6 Å². The molecule has 1 fully saturated rings. The molecular formula is C13H17ClN2O. The van der Waals surface area contributed by atoms with Crippen molar-refractivity contribution in [3.8, 4) is 0 Å². The molecule has 4 heteroatoms. The molecule has 3 nitrogen and oxygen atoms in total. The molecular weight excluding hydrogens is 236 g/mol. The number of carbonyl (C=O) groups excluding carboxylic acids is 1. The lowest BCUT2D eigenvalue weighted by Gasteiger charge is -2.27. The van der Waals surface area contributed by atoms with Crippen LogP contribution in [0, 0.1) is 0 Å². The summed E-state index contributed by atoms with van der Waals surface area (Å²) in [5.41, 5.74) is 0.600. The molecule has 17 heavy (non-hydrogen) atoms. The monoisotopic (exact) mass is 252 g/mol. The molecule has 1 N–H and O–H groups in total. The van der Waals surface area contributed by atoms with E-state index in [1.165, 1.54) is 0 Å². The van der Waals surface area contributed by atoms with Crippen molar-refractivity contribution in [1.82, 2.24) is 10.2 Å². The number of nitrogens with one attached hydrogen (secondary N) is 1. The van der Waals surface area contributed by atoms with Gasteiger partial charge in [-0.05, 0) is 32.0 Å². The maximum atomic E-state index is 12.4. The minimum Gasteiger partial charge on any atom is -0.335 e. The Morgan fingerprint density at radius 1 is 1.53 bits per heavy atom. The maximum Gasteiger partial charge on any atom is 0.255 e. The third-order valence-electron chi connectivity index (χ3n) is 3.18. The number of hydrogen-bond acceptors (Lipinski definition) is 2. The van der Waals surface area contributed by atoms with Crippen molar-refractivity contribution in [1.29, 1.82) is 0 Å². The quantitative estimate of drug-likeness (QED) is 0.894. The first kappa shape index (κ1) is 12.4. The van der Waals surface area contributed by atoms with Gasteiger partial charge in [-0.1, -0.05) is 23.7 Å². The molecule has 1 heterocycles. The van der Waals surface area contributed by atoms with Gasteiger partial charge < -0.3 is 10.2 Å². The van der Waals surface area contributed by atoms with Crippen LogP contribution in [-0.2, 0) is 0 Å². The summed E-state index contributed by atoms with van der Waals surface area (Å²) >= 11 is 6.06. The van der Waals surface area contributed by atoms with Gasteiger partial charge in [-0.3, -0.25) is 4.79 Å². The number of halogens is 1. The van der Waals surface area contributed by atoms with Crippen LogP contribution in [0.2, 0.25) is 5.02 Å². The predicted octanol–water partition coefficient (Wildman–Crippen LogP) is 2.16. The van der Waals surface area contributed by atoms with Gasteiger partial charge in [-0.2, -0.15) is 0 Å². The summed E-state index contributed by atoms with van der Waals surface area (Å²) < 4.78 is 0. The SMILES string of the molecule is CCN(C(=O)c1ccccc1Cl)C1CCNC1. The highest BCUT2D eigenvalue weighted by atomic mass is 35.5. The van der Waals surface area contributed by atoms with Crippen LogP contribution in [0.5, 0.6) is 0 Å².